The molecule has 0 radical (unpaired) electrons. The minimum absolute atomic E-state index is 0.186. The second-order valence-corrected chi connectivity index (χ2v) is 6.36. The van der Waals surface area contributed by atoms with Crippen molar-refractivity contribution in [1.29, 1.82) is 0 Å². The number of benzene rings is 1. The highest BCUT2D eigenvalue weighted by Gasteiger charge is 2.12. The van der Waals surface area contributed by atoms with Gasteiger partial charge in [0.15, 0.2) is 0 Å². The maximum atomic E-state index is 3.64. The highest BCUT2D eigenvalue weighted by Crippen LogP contribution is 2.12. The lowest BCUT2D eigenvalue weighted by atomic mass is 10.1. The van der Waals surface area contributed by atoms with E-state index in [2.05, 4.69) is 80.7 Å². The van der Waals surface area contributed by atoms with Crippen LogP contribution in [0.4, 0.5) is 0 Å². The van der Waals surface area contributed by atoms with Gasteiger partial charge in [0, 0.05) is 31.2 Å². The molecular formula is C16H29N3. The lowest BCUT2D eigenvalue weighted by Gasteiger charge is -2.25. The van der Waals surface area contributed by atoms with Crippen molar-refractivity contribution in [3.63, 3.8) is 0 Å². The van der Waals surface area contributed by atoms with Crippen LogP contribution < -0.4 is 10.6 Å². The van der Waals surface area contributed by atoms with Crippen molar-refractivity contribution in [3.05, 3.63) is 35.9 Å². The molecule has 1 aromatic carbocycles. The van der Waals surface area contributed by atoms with Crippen LogP contribution in [0.2, 0.25) is 0 Å². The predicted octanol–water partition coefficient (Wildman–Crippen LogP) is 2.27. The lowest BCUT2D eigenvalue weighted by molar-refractivity contribution is 0.335. The smallest absolute Gasteiger partial charge is 0.0449 e. The van der Waals surface area contributed by atoms with E-state index < -0.39 is 0 Å². The van der Waals surface area contributed by atoms with Crippen molar-refractivity contribution in [3.8, 4) is 0 Å². The number of nitrogens with one attached hydrogen (secondary N) is 2. The third-order valence-corrected chi connectivity index (χ3v) is 2.92. The Balaban J connectivity index is 2.47. The molecule has 3 heteroatoms. The van der Waals surface area contributed by atoms with Crippen LogP contribution in [0.25, 0.3) is 0 Å². The second-order valence-electron chi connectivity index (χ2n) is 6.36. The highest BCUT2D eigenvalue weighted by atomic mass is 15.1. The Kier molecular flexibility index (Phi) is 6.49. The number of nitrogens with zero attached hydrogens (tertiary/aromatic N) is 1. The van der Waals surface area contributed by atoms with Crippen molar-refractivity contribution in [2.45, 2.75) is 32.4 Å². The monoisotopic (exact) mass is 263 g/mol. The third kappa shape index (κ3) is 7.31. The maximum Gasteiger partial charge on any atom is 0.0449 e. The molecule has 2 N–H and O–H groups in total. The first-order chi connectivity index (χ1) is 8.88. The van der Waals surface area contributed by atoms with Crippen molar-refractivity contribution >= 4 is 0 Å². The Morgan fingerprint density at radius 1 is 1.05 bits per heavy atom. The number of likely N-dealkylation sites (N-methyl/N-ethyl adjacent to an activating group) is 1. The van der Waals surface area contributed by atoms with Gasteiger partial charge in [0.2, 0.25) is 0 Å². The molecule has 1 aromatic rings. The Bertz CT molecular complexity index is 341. The molecule has 0 aliphatic heterocycles. The quantitative estimate of drug-likeness (QED) is 0.739. The van der Waals surface area contributed by atoms with Gasteiger partial charge in [0.1, 0.15) is 0 Å². The molecule has 0 saturated carbocycles. The average molecular weight is 263 g/mol. The molecule has 1 atom stereocenters. The molecule has 0 aliphatic carbocycles. The van der Waals surface area contributed by atoms with Crippen molar-refractivity contribution in [2.75, 3.05) is 33.7 Å². The second kappa shape index (κ2) is 7.63. The van der Waals surface area contributed by atoms with Gasteiger partial charge in [0.05, 0.1) is 0 Å². The highest BCUT2D eigenvalue weighted by molar-refractivity contribution is 5.19. The van der Waals surface area contributed by atoms with Crippen molar-refractivity contribution in [1.82, 2.24) is 15.5 Å². The van der Waals surface area contributed by atoms with Crippen LogP contribution in [0, 0.1) is 0 Å². The SMILES string of the molecule is CN(C)CC(NCCNC(C)(C)C)c1ccccc1. The summed E-state index contributed by atoms with van der Waals surface area (Å²) in [6.07, 6.45) is 0. The molecule has 19 heavy (non-hydrogen) atoms. The molecule has 0 heterocycles. The Hall–Kier alpha value is -0.900. The lowest BCUT2D eigenvalue weighted by Crippen LogP contribution is -2.42. The van der Waals surface area contributed by atoms with Crippen molar-refractivity contribution in [2.24, 2.45) is 0 Å². The van der Waals surface area contributed by atoms with E-state index in [0.29, 0.717) is 6.04 Å². The normalized spacial score (nSPS) is 13.8. The van der Waals surface area contributed by atoms with Crippen LogP contribution in [-0.2, 0) is 0 Å². The van der Waals surface area contributed by atoms with Crippen molar-refractivity contribution < 1.29 is 0 Å². The van der Waals surface area contributed by atoms with E-state index in [1.807, 2.05) is 0 Å². The van der Waals surface area contributed by atoms with Gasteiger partial charge < -0.3 is 15.5 Å². The summed E-state index contributed by atoms with van der Waals surface area (Å²) >= 11 is 0. The number of hydrogen-bond acceptors (Lipinski definition) is 3. The molecule has 1 rings (SSSR count). The van der Waals surface area contributed by atoms with Gasteiger partial charge in [-0.3, -0.25) is 0 Å². The first-order valence-electron chi connectivity index (χ1n) is 7.06. The summed E-state index contributed by atoms with van der Waals surface area (Å²) in [6, 6.07) is 11.0. The van der Waals surface area contributed by atoms with E-state index in [9.17, 15) is 0 Å². The zero-order valence-electron chi connectivity index (χ0n) is 13.0. The van der Waals surface area contributed by atoms with E-state index in [-0.39, 0.29) is 5.54 Å². The Morgan fingerprint density at radius 2 is 1.68 bits per heavy atom. The van der Waals surface area contributed by atoms with Crippen LogP contribution in [-0.4, -0.2) is 44.2 Å². The fourth-order valence-corrected chi connectivity index (χ4v) is 2.02. The van der Waals surface area contributed by atoms with Crippen LogP contribution in [0.3, 0.4) is 0 Å². The van der Waals surface area contributed by atoms with Gasteiger partial charge in [-0.05, 0) is 40.4 Å². The summed E-state index contributed by atoms with van der Waals surface area (Å²) in [5.74, 6) is 0. The molecule has 108 valence electrons. The van der Waals surface area contributed by atoms with Crippen LogP contribution >= 0.6 is 0 Å². The summed E-state index contributed by atoms with van der Waals surface area (Å²) in [7, 11) is 4.23. The van der Waals surface area contributed by atoms with E-state index in [0.717, 1.165) is 19.6 Å². The maximum absolute atomic E-state index is 3.64. The Labute approximate surface area is 118 Å². The minimum atomic E-state index is 0.186. The van der Waals surface area contributed by atoms with Gasteiger partial charge in [-0.1, -0.05) is 30.3 Å². The summed E-state index contributed by atoms with van der Waals surface area (Å²) in [5, 5.41) is 7.14. The molecule has 0 aliphatic rings. The summed E-state index contributed by atoms with van der Waals surface area (Å²) in [5.41, 5.74) is 1.54. The van der Waals surface area contributed by atoms with Crippen LogP contribution in [0.5, 0.6) is 0 Å². The molecule has 1 unspecified atom stereocenters. The molecule has 0 spiro atoms. The van der Waals surface area contributed by atoms with Gasteiger partial charge in [-0.25, -0.2) is 0 Å². The zero-order chi connectivity index (χ0) is 14.3. The molecule has 0 fully saturated rings. The van der Waals surface area contributed by atoms with Gasteiger partial charge >= 0.3 is 0 Å². The molecule has 0 aromatic heterocycles. The summed E-state index contributed by atoms with van der Waals surface area (Å²) in [4.78, 5) is 2.22. The van der Waals surface area contributed by atoms with Crippen LogP contribution in [0.1, 0.15) is 32.4 Å². The predicted molar refractivity (Wildman–Crippen MR) is 83.5 cm³/mol. The first kappa shape index (κ1) is 16.2. The summed E-state index contributed by atoms with van der Waals surface area (Å²) < 4.78 is 0. The molecule has 0 saturated heterocycles. The fraction of sp³-hybridized carbons (Fsp3) is 0.625. The van der Waals surface area contributed by atoms with Gasteiger partial charge in [0.25, 0.3) is 0 Å². The van der Waals surface area contributed by atoms with Gasteiger partial charge in [-0.15, -0.1) is 0 Å². The average Bonchev–Trinajstić information content (AvgIpc) is 2.32. The number of hydrogen-bond donors (Lipinski definition) is 2. The topological polar surface area (TPSA) is 27.3 Å². The van der Waals surface area contributed by atoms with Crippen LogP contribution in [0.15, 0.2) is 30.3 Å². The Morgan fingerprint density at radius 3 is 2.21 bits per heavy atom. The largest absolute Gasteiger partial charge is 0.311 e. The zero-order valence-corrected chi connectivity index (χ0v) is 13.0. The van der Waals surface area contributed by atoms with E-state index in [1.54, 1.807) is 0 Å². The van der Waals surface area contributed by atoms with E-state index >= 15 is 0 Å². The van der Waals surface area contributed by atoms with E-state index in [4.69, 9.17) is 0 Å². The minimum Gasteiger partial charge on any atom is -0.311 e. The molecular weight excluding hydrogens is 234 g/mol. The molecule has 0 bridgehead atoms. The number of rotatable bonds is 7. The summed E-state index contributed by atoms with van der Waals surface area (Å²) in [6.45, 7) is 9.56. The fourth-order valence-electron chi connectivity index (χ4n) is 2.02. The first-order valence-corrected chi connectivity index (χ1v) is 7.06. The van der Waals surface area contributed by atoms with E-state index in [1.165, 1.54) is 5.56 Å². The standard InChI is InChI=1S/C16H29N3/c1-16(2,3)18-12-11-17-15(13-19(4)5)14-9-7-6-8-10-14/h6-10,15,17-18H,11-13H2,1-5H3. The van der Waals surface area contributed by atoms with Gasteiger partial charge in [-0.2, -0.15) is 0 Å². The molecule has 3 nitrogen and oxygen atoms in total. The third-order valence-electron chi connectivity index (χ3n) is 2.92. The molecule has 0 amide bonds.